The predicted octanol–water partition coefficient (Wildman–Crippen LogP) is 3.85. The summed E-state index contributed by atoms with van der Waals surface area (Å²) in [6, 6.07) is 9.56. The minimum Gasteiger partial charge on any atom is -0.370 e. The maximum Gasteiger partial charge on any atom is 0.0369 e. The van der Waals surface area contributed by atoms with Crippen molar-refractivity contribution in [2.24, 2.45) is 11.8 Å². The fourth-order valence-corrected chi connectivity index (χ4v) is 3.09. The molecule has 2 unspecified atom stereocenters. The van der Waals surface area contributed by atoms with E-state index in [1.165, 1.54) is 30.6 Å². The van der Waals surface area contributed by atoms with Gasteiger partial charge in [0.05, 0.1) is 0 Å². The lowest BCUT2D eigenvalue weighted by Gasteiger charge is -2.39. The molecule has 1 N–H and O–H groups in total. The smallest absolute Gasteiger partial charge is 0.0369 e. The van der Waals surface area contributed by atoms with Crippen LogP contribution in [0.5, 0.6) is 0 Å². The minimum atomic E-state index is 0.636. The molecule has 0 amide bonds. The van der Waals surface area contributed by atoms with Crippen molar-refractivity contribution in [1.82, 2.24) is 5.32 Å². The van der Waals surface area contributed by atoms with Crippen molar-refractivity contribution in [2.75, 3.05) is 24.5 Å². The summed E-state index contributed by atoms with van der Waals surface area (Å²) in [4.78, 5) is 2.57. The van der Waals surface area contributed by atoms with Gasteiger partial charge in [0.25, 0.3) is 0 Å². The normalized spacial score (nSPS) is 23.4. The molecule has 1 aliphatic heterocycles. The molecule has 112 valence electrons. The molecule has 0 spiro atoms. The highest BCUT2D eigenvalue weighted by atomic mass is 15.2. The standard InChI is InChI=1S/C18H30N2/c1-5-16-10-17(19-11-14(2)3)13-20(12-16)18-8-6-7-15(4)9-18/h6-9,14,16-17,19H,5,10-13H2,1-4H3. The Kier molecular flexibility index (Phi) is 5.47. The van der Waals surface area contributed by atoms with Crippen LogP contribution in [-0.2, 0) is 0 Å². The number of hydrogen-bond acceptors (Lipinski definition) is 2. The number of nitrogens with one attached hydrogen (secondary N) is 1. The first-order chi connectivity index (χ1) is 9.58. The van der Waals surface area contributed by atoms with Crippen LogP contribution in [-0.4, -0.2) is 25.7 Å². The van der Waals surface area contributed by atoms with Crippen LogP contribution >= 0.6 is 0 Å². The number of aryl methyl sites for hydroxylation is 1. The average molecular weight is 274 g/mol. The molecule has 1 fully saturated rings. The lowest BCUT2D eigenvalue weighted by atomic mass is 9.91. The highest BCUT2D eigenvalue weighted by Crippen LogP contribution is 2.25. The summed E-state index contributed by atoms with van der Waals surface area (Å²) in [5.41, 5.74) is 2.74. The van der Waals surface area contributed by atoms with Crippen LogP contribution in [0.1, 0.15) is 39.2 Å². The number of nitrogens with zero attached hydrogens (tertiary/aromatic N) is 1. The molecule has 2 rings (SSSR count). The topological polar surface area (TPSA) is 15.3 Å². The van der Waals surface area contributed by atoms with E-state index >= 15 is 0 Å². The summed E-state index contributed by atoms with van der Waals surface area (Å²) in [6.07, 6.45) is 2.60. The number of benzene rings is 1. The number of hydrogen-bond donors (Lipinski definition) is 1. The number of anilines is 1. The van der Waals surface area contributed by atoms with Crippen LogP contribution in [0.3, 0.4) is 0 Å². The van der Waals surface area contributed by atoms with E-state index in [9.17, 15) is 0 Å². The molecule has 0 aliphatic carbocycles. The van der Waals surface area contributed by atoms with E-state index in [0.717, 1.165) is 24.9 Å². The van der Waals surface area contributed by atoms with Gasteiger partial charge < -0.3 is 10.2 Å². The van der Waals surface area contributed by atoms with Gasteiger partial charge in [-0.05, 0) is 49.4 Å². The van der Waals surface area contributed by atoms with Crippen LogP contribution in [0, 0.1) is 18.8 Å². The van der Waals surface area contributed by atoms with E-state index in [2.05, 4.69) is 62.2 Å². The number of rotatable bonds is 5. The first kappa shape index (κ1) is 15.4. The predicted molar refractivity (Wildman–Crippen MR) is 88.4 cm³/mol. The van der Waals surface area contributed by atoms with Gasteiger partial charge in [0.2, 0.25) is 0 Å². The van der Waals surface area contributed by atoms with Gasteiger partial charge in [-0.3, -0.25) is 0 Å². The molecule has 2 heteroatoms. The Morgan fingerprint density at radius 1 is 1.30 bits per heavy atom. The Balaban J connectivity index is 2.04. The summed E-state index contributed by atoms with van der Waals surface area (Å²) >= 11 is 0. The van der Waals surface area contributed by atoms with Crippen molar-refractivity contribution in [1.29, 1.82) is 0 Å². The van der Waals surface area contributed by atoms with Crippen molar-refractivity contribution in [3.05, 3.63) is 29.8 Å². The van der Waals surface area contributed by atoms with E-state index in [1.54, 1.807) is 0 Å². The Hall–Kier alpha value is -1.02. The van der Waals surface area contributed by atoms with Crippen LogP contribution in [0.2, 0.25) is 0 Å². The van der Waals surface area contributed by atoms with Gasteiger partial charge in [-0.1, -0.05) is 39.3 Å². The molecular formula is C18H30N2. The second-order valence-corrected chi connectivity index (χ2v) is 6.75. The SMILES string of the molecule is CCC1CC(NCC(C)C)CN(c2cccc(C)c2)C1. The molecule has 0 saturated carbocycles. The summed E-state index contributed by atoms with van der Waals surface area (Å²) in [7, 11) is 0. The van der Waals surface area contributed by atoms with Gasteiger partial charge in [-0.25, -0.2) is 0 Å². The Bertz CT molecular complexity index is 414. The minimum absolute atomic E-state index is 0.636. The average Bonchev–Trinajstić information content (AvgIpc) is 2.44. The van der Waals surface area contributed by atoms with Crippen molar-refractivity contribution in [3.8, 4) is 0 Å². The first-order valence-corrected chi connectivity index (χ1v) is 8.13. The molecule has 0 bridgehead atoms. The Morgan fingerprint density at radius 2 is 2.10 bits per heavy atom. The molecule has 1 saturated heterocycles. The van der Waals surface area contributed by atoms with Crippen molar-refractivity contribution in [2.45, 2.75) is 46.6 Å². The van der Waals surface area contributed by atoms with Gasteiger partial charge in [-0.2, -0.15) is 0 Å². The highest BCUT2D eigenvalue weighted by Gasteiger charge is 2.26. The lowest BCUT2D eigenvalue weighted by Crippen LogP contribution is -2.50. The highest BCUT2D eigenvalue weighted by molar-refractivity contribution is 5.49. The fraction of sp³-hybridized carbons (Fsp3) is 0.667. The largest absolute Gasteiger partial charge is 0.370 e. The molecule has 0 radical (unpaired) electrons. The quantitative estimate of drug-likeness (QED) is 0.877. The summed E-state index contributed by atoms with van der Waals surface area (Å²) in [6.45, 7) is 12.6. The van der Waals surface area contributed by atoms with Gasteiger partial charge in [0.15, 0.2) is 0 Å². The van der Waals surface area contributed by atoms with Gasteiger partial charge in [0, 0.05) is 24.8 Å². The third-order valence-corrected chi connectivity index (χ3v) is 4.30. The lowest BCUT2D eigenvalue weighted by molar-refractivity contribution is 0.318. The van der Waals surface area contributed by atoms with Crippen LogP contribution in [0.4, 0.5) is 5.69 Å². The van der Waals surface area contributed by atoms with Gasteiger partial charge in [-0.15, -0.1) is 0 Å². The van der Waals surface area contributed by atoms with Crippen LogP contribution < -0.4 is 10.2 Å². The van der Waals surface area contributed by atoms with E-state index < -0.39 is 0 Å². The van der Waals surface area contributed by atoms with E-state index in [1.807, 2.05) is 0 Å². The van der Waals surface area contributed by atoms with Crippen molar-refractivity contribution >= 4 is 5.69 Å². The van der Waals surface area contributed by atoms with E-state index in [0.29, 0.717) is 6.04 Å². The number of piperidine rings is 1. The zero-order valence-corrected chi connectivity index (χ0v) is 13.5. The molecule has 1 aromatic carbocycles. The Morgan fingerprint density at radius 3 is 2.75 bits per heavy atom. The van der Waals surface area contributed by atoms with E-state index in [-0.39, 0.29) is 0 Å². The molecule has 1 heterocycles. The first-order valence-electron chi connectivity index (χ1n) is 8.13. The van der Waals surface area contributed by atoms with Crippen molar-refractivity contribution in [3.63, 3.8) is 0 Å². The van der Waals surface area contributed by atoms with E-state index in [4.69, 9.17) is 0 Å². The summed E-state index contributed by atoms with van der Waals surface area (Å²) < 4.78 is 0. The van der Waals surface area contributed by atoms with Crippen molar-refractivity contribution < 1.29 is 0 Å². The third kappa shape index (κ3) is 4.24. The second-order valence-electron chi connectivity index (χ2n) is 6.75. The molecule has 1 aliphatic rings. The maximum atomic E-state index is 3.76. The monoisotopic (exact) mass is 274 g/mol. The zero-order valence-electron chi connectivity index (χ0n) is 13.5. The van der Waals surface area contributed by atoms with Gasteiger partial charge >= 0.3 is 0 Å². The summed E-state index contributed by atoms with van der Waals surface area (Å²) in [5, 5.41) is 3.76. The molecule has 1 aromatic rings. The van der Waals surface area contributed by atoms with Crippen LogP contribution in [0.15, 0.2) is 24.3 Å². The van der Waals surface area contributed by atoms with Crippen LogP contribution in [0.25, 0.3) is 0 Å². The van der Waals surface area contributed by atoms with Gasteiger partial charge in [0.1, 0.15) is 0 Å². The Labute approximate surface area is 124 Å². The molecular weight excluding hydrogens is 244 g/mol. The third-order valence-electron chi connectivity index (χ3n) is 4.30. The molecule has 20 heavy (non-hydrogen) atoms. The zero-order chi connectivity index (χ0) is 14.5. The second kappa shape index (κ2) is 7.12. The summed E-state index contributed by atoms with van der Waals surface area (Å²) in [5.74, 6) is 1.54. The molecule has 2 atom stereocenters. The maximum absolute atomic E-state index is 3.76. The fourth-order valence-electron chi connectivity index (χ4n) is 3.09. The molecule has 0 aromatic heterocycles. The molecule has 2 nitrogen and oxygen atoms in total.